The Labute approximate surface area is 86.9 Å². The zero-order valence-corrected chi connectivity index (χ0v) is 8.77. The molecule has 1 aromatic carbocycles. The zero-order chi connectivity index (χ0) is 10.3. The van der Waals surface area contributed by atoms with Gasteiger partial charge in [0, 0.05) is 5.39 Å². The first-order valence-electron chi connectivity index (χ1n) is 4.37. The number of carbonyl (C=O) groups excluding carboxylic acids is 1. The molecule has 72 valence electrons. The van der Waals surface area contributed by atoms with Gasteiger partial charge < -0.3 is 4.98 Å². The molecule has 0 aliphatic rings. The number of hydrogen-bond donors (Lipinski definition) is 1. The smallest absolute Gasteiger partial charge is 0.153 e. The number of halogens is 1. The Morgan fingerprint density at radius 2 is 1.93 bits per heavy atom. The third-order valence-corrected chi connectivity index (χ3v) is 2.78. The van der Waals surface area contributed by atoms with Crippen LogP contribution in [0.2, 0.25) is 5.15 Å². The second-order valence-electron chi connectivity index (χ2n) is 3.42. The van der Waals surface area contributed by atoms with Gasteiger partial charge >= 0.3 is 0 Å². The van der Waals surface area contributed by atoms with Gasteiger partial charge in [-0.15, -0.1) is 0 Å². The molecule has 0 aliphatic heterocycles. The lowest BCUT2D eigenvalue weighted by Gasteiger charge is -1.99. The van der Waals surface area contributed by atoms with Crippen molar-refractivity contribution < 1.29 is 4.79 Å². The van der Waals surface area contributed by atoms with Crippen LogP contribution in [0.4, 0.5) is 0 Å². The maximum Gasteiger partial charge on any atom is 0.153 e. The highest BCUT2D eigenvalue weighted by Crippen LogP contribution is 2.29. The van der Waals surface area contributed by atoms with E-state index in [2.05, 4.69) is 4.98 Å². The molecule has 2 rings (SSSR count). The number of carbonyl (C=O) groups is 1. The molecule has 3 heteroatoms. The number of fused-ring (bicyclic) bond motifs is 1. The lowest BCUT2D eigenvalue weighted by molar-refractivity contribution is 0.112. The van der Waals surface area contributed by atoms with E-state index < -0.39 is 0 Å². The molecule has 0 unspecified atom stereocenters. The lowest BCUT2D eigenvalue weighted by atomic mass is 10.1. The number of aromatic amines is 1. The number of rotatable bonds is 1. The summed E-state index contributed by atoms with van der Waals surface area (Å²) in [6, 6.07) is 4.01. The second kappa shape index (κ2) is 3.14. The number of aromatic nitrogens is 1. The topological polar surface area (TPSA) is 32.9 Å². The lowest BCUT2D eigenvalue weighted by Crippen LogP contribution is -1.82. The SMILES string of the molecule is Cc1ccc(C)c2c(C=O)c(Cl)[nH]c12. The summed E-state index contributed by atoms with van der Waals surface area (Å²) in [5.41, 5.74) is 3.68. The van der Waals surface area contributed by atoms with Crippen LogP contribution in [0.1, 0.15) is 21.5 Å². The monoisotopic (exact) mass is 207 g/mol. The van der Waals surface area contributed by atoms with Crippen LogP contribution in [0.15, 0.2) is 12.1 Å². The fourth-order valence-electron chi connectivity index (χ4n) is 1.72. The highest BCUT2D eigenvalue weighted by molar-refractivity contribution is 6.34. The third kappa shape index (κ3) is 1.15. The summed E-state index contributed by atoms with van der Waals surface area (Å²) in [5, 5.41) is 1.36. The van der Waals surface area contributed by atoms with Crippen LogP contribution in [0.5, 0.6) is 0 Å². The average Bonchev–Trinajstić information content (AvgIpc) is 2.50. The molecule has 0 fully saturated rings. The molecular formula is C11H10ClNO. The van der Waals surface area contributed by atoms with Gasteiger partial charge in [-0.3, -0.25) is 4.79 Å². The molecule has 0 aliphatic carbocycles. The first-order valence-corrected chi connectivity index (χ1v) is 4.75. The summed E-state index contributed by atoms with van der Waals surface area (Å²) in [4.78, 5) is 13.9. The van der Waals surface area contributed by atoms with Crippen molar-refractivity contribution in [2.24, 2.45) is 0 Å². The minimum absolute atomic E-state index is 0.424. The molecule has 0 radical (unpaired) electrons. The molecule has 2 nitrogen and oxygen atoms in total. The van der Waals surface area contributed by atoms with Crippen molar-refractivity contribution in [3.63, 3.8) is 0 Å². The normalized spacial score (nSPS) is 10.8. The molecule has 14 heavy (non-hydrogen) atoms. The summed E-state index contributed by atoms with van der Waals surface area (Å²) in [6.07, 6.45) is 0.799. The summed E-state index contributed by atoms with van der Waals surface area (Å²) >= 11 is 5.92. The molecule has 1 N–H and O–H groups in total. The first kappa shape index (κ1) is 9.28. The van der Waals surface area contributed by atoms with Crippen LogP contribution < -0.4 is 0 Å². The number of benzene rings is 1. The molecule has 1 heterocycles. The number of nitrogens with one attached hydrogen (secondary N) is 1. The van der Waals surface area contributed by atoms with Gasteiger partial charge in [-0.05, 0) is 25.0 Å². The molecule has 1 aromatic heterocycles. The Morgan fingerprint density at radius 1 is 1.29 bits per heavy atom. The largest absolute Gasteiger partial charge is 0.345 e. The van der Waals surface area contributed by atoms with Gasteiger partial charge in [0.1, 0.15) is 5.15 Å². The maximum absolute atomic E-state index is 10.9. The predicted octanol–water partition coefficient (Wildman–Crippen LogP) is 3.25. The van der Waals surface area contributed by atoms with Crippen LogP contribution in [-0.2, 0) is 0 Å². The molecular weight excluding hydrogens is 198 g/mol. The van der Waals surface area contributed by atoms with Crippen molar-refractivity contribution in [3.8, 4) is 0 Å². The van der Waals surface area contributed by atoms with E-state index in [9.17, 15) is 4.79 Å². The highest BCUT2D eigenvalue weighted by atomic mass is 35.5. The number of aldehydes is 1. The van der Waals surface area contributed by atoms with E-state index in [-0.39, 0.29) is 0 Å². The zero-order valence-electron chi connectivity index (χ0n) is 8.02. The van der Waals surface area contributed by atoms with Crippen molar-refractivity contribution in [2.75, 3.05) is 0 Å². The van der Waals surface area contributed by atoms with E-state index in [1.54, 1.807) is 0 Å². The first-order chi connectivity index (χ1) is 6.65. The molecule has 0 saturated heterocycles. The van der Waals surface area contributed by atoms with Crippen LogP contribution in [-0.4, -0.2) is 11.3 Å². The van der Waals surface area contributed by atoms with Gasteiger partial charge in [0.05, 0.1) is 11.1 Å². The minimum Gasteiger partial charge on any atom is -0.345 e. The maximum atomic E-state index is 10.9. The molecule has 0 spiro atoms. The Hall–Kier alpha value is -1.28. The van der Waals surface area contributed by atoms with E-state index in [1.165, 1.54) is 0 Å². The number of aryl methyl sites for hydroxylation is 2. The van der Waals surface area contributed by atoms with Crippen molar-refractivity contribution in [1.82, 2.24) is 4.98 Å². The van der Waals surface area contributed by atoms with Crippen molar-refractivity contribution in [2.45, 2.75) is 13.8 Å². The van der Waals surface area contributed by atoms with Gasteiger partial charge in [0.15, 0.2) is 6.29 Å². The van der Waals surface area contributed by atoms with Crippen LogP contribution in [0.25, 0.3) is 10.9 Å². The summed E-state index contributed by atoms with van der Waals surface area (Å²) in [5.74, 6) is 0. The fraction of sp³-hybridized carbons (Fsp3) is 0.182. The molecule has 0 bridgehead atoms. The van der Waals surface area contributed by atoms with E-state index in [0.29, 0.717) is 10.7 Å². The van der Waals surface area contributed by atoms with Gasteiger partial charge in [-0.25, -0.2) is 0 Å². The Morgan fingerprint density at radius 3 is 2.57 bits per heavy atom. The van der Waals surface area contributed by atoms with E-state index in [1.807, 2.05) is 26.0 Å². The van der Waals surface area contributed by atoms with Crippen molar-refractivity contribution in [1.29, 1.82) is 0 Å². The van der Waals surface area contributed by atoms with Gasteiger partial charge in [-0.1, -0.05) is 23.7 Å². The molecule has 2 aromatic rings. The average molecular weight is 208 g/mol. The molecule has 0 amide bonds. The minimum atomic E-state index is 0.424. The standard InChI is InChI=1S/C11H10ClNO/c1-6-3-4-7(2)10-9(6)8(5-14)11(12)13-10/h3-5,13H,1-2H3. The van der Waals surface area contributed by atoms with Crippen LogP contribution >= 0.6 is 11.6 Å². The Kier molecular flexibility index (Phi) is 2.08. The van der Waals surface area contributed by atoms with E-state index in [0.717, 1.165) is 28.3 Å². The Bertz CT molecular complexity index is 513. The highest BCUT2D eigenvalue weighted by Gasteiger charge is 2.12. The Balaban J connectivity index is 3.00. The summed E-state index contributed by atoms with van der Waals surface area (Å²) < 4.78 is 0. The fourth-order valence-corrected chi connectivity index (χ4v) is 1.95. The molecule has 0 atom stereocenters. The van der Waals surface area contributed by atoms with Crippen molar-refractivity contribution in [3.05, 3.63) is 34.0 Å². The quantitative estimate of drug-likeness (QED) is 0.716. The van der Waals surface area contributed by atoms with Gasteiger partial charge in [-0.2, -0.15) is 0 Å². The molecule has 0 saturated carbocycles. The predicted molar refractivity (Wildman–Crippen MR) is 58.2 cm³/mol. The van der Waals surface area contributed by atoms with Crippen LogP contribution in [0, 0.1) is 13.8 Å². The number of hydrogen-bond acceptors (Lipinski definition) is 1. The van der Waals surface area contributed by atoms with Crippen LogP contribution in [0.3, 0.4) is 0 Å². The van der Waals surface area contributed by atoms with E-state index in [4.69, 9.17) is 11.6 Å². The van der Waals surface area contributed by atoms with E-state index >= 15 is 0 Å². The van der Waals surface area contributed by atoms with Gasteiger partial charge in [0.2, 0.25) is 0 Å². The van der Waals surface area contributed by atoms with Crippen molar-refractivity contribution >= 4 is 28.8 Å². The second-order valence-corrected chi connectivity index (χ2v) is 3.80. The summed E-state index contributed by atoms with van der Waals surface area (Å²) in [6.45, 7) is 3.96. The number of H-pyrrole nitrogens is 1. The van der Waals surface area contributed by atoms with Gasteiger partial charge in [0.25, 0.3) is 0 Å². The third-order valence-electron chi connectivity index (χ3n) is 2.48. The summed E-state index contributed by atoms with van der Waals surface area (Å²) in [7, 11) is 0.